The van der Waals surface area contributed by atoms with Crippen LogP contribution in [0.25, 0.3) is 0 Å². The van der Waals surface area contributed by atoms with Gasteiger partial charge in [0.25, 0.3) is 0 Å². The van der Waals surface area contributed by atoms with Crippen LogP contribution in [0.3, 0.4) is 0 Å². The molecule has 0 aromatic carbocycles. The predicted molar refractivity (Wildman–Crippen MR) is 92.8 cm³/mol. The molecule has 1 atom stereocenters. The highest BCUT2D eigenvalue weighted by Gasteiger charge is 2.19. The van der Waals surface area contributed by atoms with E-state index in [-0.39, 0.29) is 5.91 Å². The van der Waals surface area contributed by atoms with Gasteiger partial charge in [-0.1, -0.05) is 0 Å². The Morgan fingerprint density at radius 2 is 2.08 bits per heavy atom. The number of ether oxygens (including phenoxy) is 1. The highest BCUT2D eigenvalue weighted by molar-refractivity contribution is 7.13. The topological polar surface area (TPSA) is 102 Å². The van der Waals surface area contributed by atoms with E-state index in [1.165, 1.54) is 18.4 Å². The van der Waals surface area contributed by atoms with E-state index < -0.39 is 17.7 Å². The fourth-order valence-corrected chi connectivity index (χ4v) is 2.37. The van der Waals surface area contributed by atoms with Gasteiger partial charge in [-0.05, 0) is 40.0 Å². The molecule has 1 rings (SSSR count). The molecule has 0 aliphatic heterocycles. The van der Waals surface area contributed by atoms with Crippen LogP contribution >= 0.6 is 11.3 Å². The average molecular weight is 358 g/mol. The number of alkyl carbamates (subject to hydrolysis) is 1. The second-order valence-corrected chi connectivity index (χ2v) is 7.02. The summed E-state index contributed by atoms with van der Waals surface area (Å²) in [6.45, 7) is 5.93. The molecule has 0 bridgehead atoms. The Bertz CT molecular complexity index is 502. The van der Waals surface area contributed by atoms with Crippen LogP contribution in [0.1, 0.15) is 40.0 Å². The monoisotopic (exact) mass is 358 g/mol. The standard InChI is InChI=1S/C15H26N4O4S/c1-15(2,3)23-14(21)17-8-6-5-7-11(19-22-4)12(20)18-13-16-9-10-24-13/h9-11,19H,5-8H2,1-4H3,(H,17,21)(H,16,18,20). The summed E-state index contributed by atoms with van der Waals surface area (Å²) in [6.07, 6.45) is 3.23. The molecule has 24 heavy (non-hydrogen) atoms. The molecule has 0 saturated carbocycles. The Morgan fingerprint density at radius 3 is 2.67 bits per heavy atom. The van der Waals surface area contributed by atoms with Crippen LogP contribution in [-0.4, -0.2) is 42.3 Å². The number of carbonyl (C=O) groups is 2. The molecule has 136 valence electrons. The molecule has 8 nitrogen and oxygen atoms in total. The molecule has 1 aromatic heterocycles. The van der Waals surface area contributed by atoms with Crippen molar-refractivity contribution in [1.29, 1.82) is 0 Å². The number of hydroxylamine groups is 1. The Hall–Kier alpha value is -1.71. The molecule has 9 heteroatoms. The fraction of sp³-hybridized carbons (Fsp3) is 0.667. The summed E-state index contributed by atoms with van der Waals surface area (Å²) in [5, 5.41) is 7.76. The minimum atomic E-state index is -0.508. The lowest BCUT2D eigenvalue weighted by Crippen LogP contribution is -2.40. The third-order valence-corrected chi connectivity index (χ3v) is 3.52. The van der Waals surface area contributed by atoms with E-state index in [0.29, 0.717) is 18.1 Å². The van der Waals surface area contributed by atoms with Crippen LogP contribution in [0, 0.1) is 0 Å². The van der Waals surface area contributed by atoms with E-state index in [4.69, 9.17) is 9.57 Å². The molecule has 1 aromatic rings. The molecule has 0 radical (unpaired) electrons. The van der Waals surface area contributed by atoms with E-state index in [1.807, 2.05) is 20.8 Å². The molecule has 0 aliphatic rings. The quantitative estimate of drug-likeness (QED) is 0.462. The van der Waals surface area contributed by atoms with Gasteiger partial charge in [0.15, 0.2) is 5.13 Å². The fourth-order valence-electron chi connectivity index (χ4n) is 1.84. The van der Waals surface area contributed by atoms with Gasteiger partial charge in [-0.25, -0.2) is 9.78 Å². The number of amides is 2. The maximum absolute atomic E-state index is 12.2. The van der Waals surface area contributed by atoms with Crippen molar-refractivity contribution >= 4 is 28.5 Å². The van der Waals surface area contributed by atoms with Crippen molar-refractivity contribution in [2.24, 2.45) is 0 Å². The minimum Gasteiger partial charge on any atom is -0.444 e. The number of unbranched alkanes of at least 4 members (excludes halogenated alkanes) is 1. The van der Waals surface area contributed by atoms with Crippen molar-refractivity contribution in [3.63, 3.8) is 0 Å². The molecule has 0 saturated heterocycles. The van der Waals surface area contributed by atoms with Gasteiger partial charge in [0.1, 0.15) is 11.6 Å². The number of carbonyl (C=O) groups excluding carboxylic acids is 2. The van der Waals surface area contributed by atoms with Crippen LogP contribution in [0.5, 0.6) is 0 Å². The zero-order valence-electron chi connectivity index (χ0n) is 14.5. The number of anilines is 1. The highest BCUT2D eigenvalue weighted by Crippen LogP contribution is 2.12. The third kappa shape index (κ3) is 8.80. The van der Waals surface area contributed by atoms with E-state index in [1.54, 1.807) is 11.6 Å². The van der Waals surface area contributed by atoms with E-state index in [0.717, 1.165) is 12.8 Å². The first-order valence-electron chi connectivity index (χ1n) is 7.77. The molecular weight excluding hydrogens is 332 g/mol. The number of rotatable bonds is 9. The lowest BCUT2D eigenvalue weighted by molar-refractivity contribution is -0.121. The number of aromatic nitrogens is 1. The Morgan fingerprint density at radius 1 is 1.33 bits per heavy atom. The van der Waals surface area contributed by atoms with Gasteiger partial charge in [-0.15, -0.1) is 11.3 Å². The largest absolute Gasteiger partial charge is 0.444 e. The van der Waals surface area contributed by atoms with E-state index >= 15 is 0 Å². The first kappa shape index (κ1) is 20.3. The first-order chi connectivity index (χ1) is 11.3. The second kappa shape index (κ2) is 10.2. The SMILES string of the molecule is CONC(CCCCNC(=O)OC(C)(C)C)C(=O)Nc1nccs1. The molecule has 2 amide bonds. The molecule has 0 spiro atoms. The van der Waals surface area contributed by atoms with Gasteiger partial charge in [-0.2, -0.15) is 5.48 Å². The molecule has 0 fully saturated rings. The van der Waals surface area contributed by atoms with Crippen LogP contribution in [0.15, 0.2) is 11.6 Å². The Labute approximate surface area is 146 Å². The van der Waals surface area contributed by atoms with Gasteiger partial charge in [0, 0.05) is 18.1 Å². The molecule has 1 heterocycles. The smallest absolute Gasteiger partial charge is 0.407 e. The van der Waals surface area contributed by atoms with E-state index in [2.05, 4.69) is 21.1 Å². The molecule has 0 aliphatic carbocycles. The molecule has 3 N–H and O–H groups in total. The maximum Gasteiger partial charge on any atom is 0.407 e. The van der Waals surface area contributed by atoms with Crippen molar-refractivity contribution in [1.82, 2.24) is 15.8 Å². The van der Waals surface area contributed by atoms with Crippen molar-refractivity contribution in [3.8, 4) is 0 Å². The summed E-state index contributed by atoms with van der Waals surface area (Å²) < 4.78 is 5.15. The Kier molecular flexibility index (Phi) is 8.66. The van der Waals surface area contributed by atoms with Crippen molar-refractivity contribution in [2.75, 3.05) is 19.0 Å². The van der Waals surface area contributed by atoms with Crippen LogP contribution in [-0.2, 0) is 14.4 Å². The van der Waals surface area contributed by atoms with Gasteiger partial charge < -0.3 is 20.2 Å². The van der Waals surface area contributed by atoms with Crippen LogP contribution in [0.4, 0.5) is 9.93 Å². The maximum atomic E-state index is 12.2. The minimum absolute atomic E-state index is 0.202. The summed E-state index contributed by atoms with van der Waals surface area (Å²) in [6, 6.07) is -0.486. The first-order valence-corrected chi connectivity index (χ1v) is 8.65. The van der Waals surface area contributed by atoms with Crippen LogP contribution < -0.4 is 16.1 Å². The Balaban J connectivity index is 2.26. The summed E-state index contributed by atoms with van der Waals surface area (Å²) >= 11 is 1.35. The van der Waals surface area contributed by atoms with Crippen molar-refractivity contribution in [2.45, 2.75) is 51.7 Å². The average Bonchev–Trinajstić information content (AvgIpc) is 2.96. The molecule has 1 unspecified atom stereocenters. The lowest BCUT2D eigenvalue weighted by Gasteiger charge is -2.20. The summed E-state index contributed by atoms with van der Waals surface area (Å²) in [5.41, 5.74) is 2.17. The summed E-state index contributed by atoms with van der Waals surface area (Å²) in [4.78, 5) is 32.6. The third-order valence-electron chi connectivity index (χ3n) is 2.83. The summed E-state index contributed by atoms with van der Waals surface area (Å²) in [5.74, 6) is -0.202. The normalized spacial score (nSPS) is 12.5. The number of thiazole rings is 1. The predicted octanol–water partition coefficient (Wildman–Crippen LogP) is 2.30. The summed E-state index contributed by atoms with van der Waals surface area (Å²) in [7, 11) is 1.47. The van der Waals surface area contributed by atoms with Gasteiger partial charge in [0.05, 0.1) is 7.11 Å². The zero-order valence-corrected chi connectivity index (χ0v) is 15.4. The second-order valence-electron chi connectivity index (χ2n) is 6.13. The van der Waals surface area contributed by atoms with Gasteiger partial charge >= 0.3 is 6.09 Å². The molecular formula is C15H26N4O4S. The van der Waals surface area contributed by atoms with Crippen LogP contribution in [0.2, 0.25) is 0 Å². The number of hydrogen-bond acceptors (Lipinski definition) is 7. The van der Waals surface area contributed by atoms with Gasteiger partial charge in [-0.3, -0.25) is 4.79 Å². The number of hydrogen-bond donors (Lipinski definition) is 3. The van der Waals surface area contributed by atoms with Gasteiger partial charge in [0.2, 0.25) is 5.91 Å². The zero-order chi connectivity index (χ0) is 18.0. The number of nitrogens with one attached hydrogen (secondary N) is 3. The lowest BCUT2D eigenvalue weighted by atomic mass is 10.1. The highest BCUT2D eigenvalue weighted by atomic mass is 32.1. The van der Waals surface area contributed by atoms with Crippen molar-refractivity contribution < 1.29 is 19.2 Å². The van der Waals surface area contributed by atoms with Crippen molar-refractivity contribution in [3.05, 3.63) is 11.6 Å². The van der Waals surface area contributed by atoms with E-state index in [9.17, 15) is 9.59 Å². The number of nitrogens with zero attached hydrogens (tertiary/aromatic N) is 1.